The van der Waals surface area contributed by atoms with E-state index < -0.39 is 0 Å². The minimum Gasteiger partial charge on any atom is -0.384 e. The molecule has 0 radical (unpaired) electrons. The molecule has 3 N–H and O–H groups in total. The van der Waals surface area contributed by atoms with Crippen LogP contribution in [0.25, 0.3) is 33.3 Å². The molecule has 2 aromatic heterocycles. The highest BCUT2D eigenvalue weighted by atomic mass is 16.1. The molecule has 138 valence electrons. The molecule has 0 saturated carbocycles. The van der Waals surface area contributed by atoms with Crippen LogP contribution in [0.15, 0.2) is 60.9 Å². The summed E-state index contributed by atoms with van der Waals surface area (Å²) in [4.78, 5) is 19.1. The van der Waals surface area contributed by atoms with E-state index in [1.807, 2.05) is 36.7 Å². The maximum absolute atomic E-state index is 11.2. The number of H-pyrrole nitrogens is 1. The lowest BCUT2D eigenvalue weighted by atomic mass is 10.00. The summed E-state index contributed by atoms with van der Waals surface area (Å²) in [5.74, 6) is -0.0719. The molecule has 1 amide bonds. The van der Waals surface area contributed by atoms with Gasteiger partial charge in [0.15, 0.2) is 0 Å². The Hall–Kier alpha value is -3.60. The summed E-state index contributed by atoms with van der Waals surface area (Å²) in [6.07, 6.45) is 4.98. The molecule has 0 saturated heterocycles. The van der Waals surface area contributed by atoms with Crippen LogP contribution in [0, 0.1) is 0 Å². The zero-order valence-corrected chi connectivity index (χ0v) is 15.5. The summed E-state index contributed by atoms with van der Waals surface area (Å²) in [6.45, 7) is 2.51. The smallest absolute Gasteiger partial charge is 0.221 e. The standard InChI is InChI=1S/C23H20N4O/c1-14(28)27-19-5-2-15(3-6-19)18-11-20-21(13-26-23(20)25-12-18)16-4-7-22-17(10-16)8-9-24-22/h2-7,10-13,24H,8-9H2,1H3,(H,25,26)(H,27,28). The fourth-order valence-corrected chi connectivity index (χ4v) is 3.82. The molecule has 4 aromatic rings. The van der Waals surface area contributed by atoms with Crippen LogP contribution >= 0.6 is 0 Å². The van der Waals surface area contributed by atoms with Crippen LogP contribution in [-0.4, -0.2) is 22.4 Å². The summed E-state index contributed by atoms with van der Waals surface area (Å²) in [5, 5.41) is 7.31. The minimum absolute atomic E-state index is 0.0719. The lowest BCUT2D eigenvalue weighted by Gasteiger charge is -2.07. The molecule has 0 aliphatic carbocycles. The van der Waals surface area contributed by atoms with Crippen molar-refractivity contribution in [2.24, 2.45) is 0 Å². The largest absolute Gasteiger partial charge is 0.384 e. The topological polar surface area (TPSA) is 69.8 Å². The first-order chi connectivity index (χ1) is 13.7. The van der Waals surface area contributed by atoms with Gasteiger partial charge in [0.25, 0.3) is 0 Å². The van der Waals surface area contributed by atoms with E-state index in [1.54, 1.807) is 0 Å². The second-order valence-corrected chi connectivity index (χ2v) is 7.13. The molecular weight excluding hydrogens is 348 g/mol. The van der Waals surface area contributed by atoms with Crippen molar-refractivity contribution in [2.75, 3.05) is 17.2 Å². The Balaban J connectivity index is 1.54. The molecule has 2 aromatic carbocycles. The molecule has 0 fully saturated rings. The third-order valence-corrected chi connectivity index (χ3v) is 5.20. The van der Waals surface area contributed by atoms with Gasteiger partial charge in [0, 0.05) is 53.8 Å². The van der Waals surface area contributed by atoms with E-state index in [4.69, 9.17) is 0 Å². The van der Waals surface area contributed by atoms with Crippen LogP contribution in [0.3, 0.4) is 0 Å². The molecule has 0 atom stereocenters. The first kappa shape index (κ1) is 16.6. The Morgan fingerprint density at radius 2 is 1.86 bits per heavy atom. The highest BCUT2D eigenvalue weighted by Crippen LogP contribution is 2.34. The Kier molecular flexibility index (Phi) is 3.86. The number of nitrogens with zero attached hydrogens (tertiary/aromatic N) is 1. The maximum Gasteiger partial charge on any atom is 0.221 e. The monoisotopic (exact) mass is 368 g/mol. The SMILES string of the molecule is CC(=O)Nc1ccc(-c2cnc3[nH]cc(-c4ccc5c(c4)CCN5)c3c2)cc1. The van der Waals surface area contributed by atoms with Crippen LogP contribution in [-0.2, 0) is 11.2 Å². The molecule has 0 spiro atoms. The van der Waals surface area contributed by atoms with Crippen LogP contribution in [0.2, 0.25) is 0 Å². The third kappa shape index (κ3) is 2.91. The molecule has 5 heteroatoms. The summed E-state index contributed by atoms with van der Waals surface area (Å²) < 4.78 is 0. The number of amides is 1. The second-order valence-electron chi connectivity index (χ2n) is 7.13. The van der Waals surface area contributed by atoms with E-state index in [0.29, 0.717) is 0 Å². The van der Waals surface area contributed by atoms with Crippen molar-refractivity contribution in [3.8, 4) is 22.3 Å². The number of rotatable bonds is 3. The Morgan fingerprint density at radius 1 is 1.04 bits per heavy atom. The summed E-state index contributed by atoms with van der Waals surface area (Å²) in [5.41, 5.74) is 8.75. The zero-order valence-electron chi connectivity index (χ0n) is 15.5. The van der Waals surface area contributed by atoms with Crippen LogP contribution in [0.4, 0.5) is 11.4 Å². The van der Waals surface area contributed by atoms with E-state index in [2.05, 4.69) is 44.9 Å². The van der Waals surface area contributed by atoms with Gasteiger partial charge in [-0.05, 0) is 53.4 Å². The van der Waals surface area contributed by atoms with Gasteiger partial charge in [-0.25, -0.2) is 4.98 Å². The molecular formula is C23H20N4O. The number of aromatic nitrogens is 2. The maximum atomic E-state index is 11.2. The number of hydrogen-bond donors (Lipinski definition) is 3. The van der Waals surface area contributed by atoms with Crippen molar-refractivity contribution in [3.05, 3.63) is 66.5 Å². The van der Waals surface area contributed by atoms with E-state index in [9.17, 15) is 4.79 Å². The van der Waals surface area contributed by atoms with Crippen molar-refractivity contribution in [2.45, 2.75) is 13.3 Å². The van der Waals surface area contributed by atoms with E-state index in [0.717, 1.165) is 46.4 Å². The zero-order chi connectivity index (χ0) is 19.1. The Bertz CT molecular complexity index is 1190. The van der Waals surface area contributed by atoms with E-state index in [-0.39, 0.29) is 5.91 Å². The van der Waals surface area contributed by atoms with E-state index >= 15 is 0 Å². The van der Waals surface area contributed by atoms with Gasteiger partial charge in [-0.1, -0.05) is 18.2 Å². The number of pyridine rings is 1. The number of nitrogens with one attached hydrogen (secondary N) is 3. The lowest BCUT2D eigenvalue weighted by molar-refractivity contribution is -0.114. The predicted molar refractivity (Wildman–Crippen MR) is 113 cm³/mol. The average Bonchev–Trinajstić information content (AvgIpc) is 3.33. The van der Waals surface area contributed by atoms with Crippen LogP contribution < -0.4 is 10.6 Å². The van der Waals surface area contributed by atoms with Crippen molar-refractivity contribution in [1.29, 1.82) is 0 Å². The molecule has 0 bridgehead atoms. The minimum atomic E-state index is -0.0719. The van der Waals surface area contributed by atoms with Gasteiger partial charge in [-0.3, -0.25) is 4.79 Å². The molecule has 28 heavy (non-hydrogen) atoms. The second kappa shape index (κ2) is 6.53. The quantitative estimate of drug-likeness (QED) is 0.485. The fraction of sp³-hybridized carbons (Fsp3) is 0.130. The highest BCUT2D eigenvalue weighted by molar-refractivity contribution is 5.96. The molecule has 5 rings (SSSR count). The highest BCUT2D eigenvalue weighted by Gasteiger charge is 2.14. The van der Waals surface area contributed by atoms with Gasteiger partial charge in [0.2, 0.25) is 5.91 Å². The summed E-state index contributed by atoms with van der Waals surface area (Å²) in [7, 11) is 0. The van der Waals surface area contributed by atoms with Crippen LogP contribution in [0.5, 0.6) is 0 Å². The number of carbonyl (C=O) groups excluding carboxylic acids is 1. The number of fused-ring (bicyclic) bond motifs is 2. The molecule has 1 aliphatic heterocycles. The molecule has 1 aliphatic rings. The Labute approximate surface area is 162 Å². The van der Waals surface area contributed by atoms with Crippen molar-refractivity contribution >= 4 is 28.3 Å². The predicted octanol–water partition coefficient (Wildman–Crippen LogP) is 4.82. The Morgan fingerprint density at radius 3 is 2.68 bits per heavy atom. The summed E-state index contributed by atoms with van der Waals surface area (Å²) >= 11 is 0. The molecule has 5 nitrogen and oxygen atoms in total. The van der Waals surface area contributed by atoms with E-state index in [1.165, 1.54) is 23.7 Å². The van der Waals surface area contributed by atoms with Gasteiger partial charge in [0.1, 0.15) is 5.65 Å². The third-order valence-electron chi connectivity index (χ3n) is 5.20. The lowest BCUT2D eigenvalue weighted by Crippen LogP contribution is -2.05. The number of hydrogen-bond acceptors (Lipinski definition) is 3. The van der Waals surface area contributed by atoms with Gasteiger partial charge in [-0.15, -0.1) is 0 Å². The van der Waals surface area contributed by atoms with Crippen molar-refractivity contribution in [1.82, 2.24) is 9.97 Å². The fourth-order valence-electron chi connectivity index (χ4n) is 3.82. The molecule has 0 unspecified atom stereocenters. The first-order valence-electron chi connectivity index (χ1n) is 9.40. The van der Waals surface area contributed by atoms with Crippen molar-refractivity contribution in [3.63, 3.8) is 0 Å². The number of benzene rings is 2. The van der Waals surface area contributed by atoms with Gasteiger partial charge >= 0.3 is 0 Å². The number of anilines is 2. The van der Waals surface area contributed by atoms with Crippen molar-refractivity contribution < 1.29 is 4.79 Å². The van der Waals surface area contributed by atoms with Gasteiger partial charge in [0.05, 0.1) is 0 Å². The van der Waals surface area contributed by atoms with Gasteiger partial charge < -0.3 is 15.6 Å². The number of aromatic amines is 1. The van der Waals surface area contributed by atoms with Gasteiger partial charge in [-0.2, -0.15) is 0 Å². The summed E-state index contributed by atoms with van der Waals surface area (Å²) in [6, 6.07) is 16.6. The van der Waals surface area contributed by atoms with Crippen LogP contribution in [0.1, 0.15) is 12.5 Å². The average molecular weight is 368 g/mol. The number of carbonyl (C=O) groups is 1. The molecule has 3 heterocycles. The first-order valence-corrected chi connectivity index (χ1v) is 9.40. The normalized spacial score (nSPS) is 12.6.